The van der Waals surface area contributed by atoms with Crippen LogP contribution in [0.25, 0.3) is 0 Å². The fourth-order valence-electron chi connectivity index (χ4n) is 0. The van der Waals surface area contributed by atoms with Crippen molar-refractivity contribution >= 4 is 0 Å². The Labute approximate surface area is 57.4 Å². The van der Waals surface area contributed by atoms with Crippen molar-refractivity contribution in [2.45, 2.75) is 0 Å². The number of rotatable bonds is 0. The molecule has 0 aromatic heterocycles. The molecule has 0 aromatic carbocycles. The summed E-state index contributed by atoms with van der Waals surface area (Å²) in [7, 11) is 0. The van der Waals surface area contributed by atoms with E-state index in [9.17, 15) is 0 Å². The van der Waals surface area contributed by atoms with E-state index < -0.39 is 0 Å². The van der Waals surface area contributed by atoms with Crippen LogP contribution in [-0.4, -0.2) is 0 Å². The maximum atomic E-state index is 7.88. The first-order valence-corrected chi connectivity index (χ1v) is 0.667. The van der Waals surface area contributed by atoms with Crippen LogP contribution in [0, 0.1) is 0 Å². The minimum Gasteiger partial charge on any atom is -0.734 e. The average Bonchev–Trinajstić information content (AvgIpc) is 1.39. The summed E-state index contributed by atoms with van der Waals surface area (Å²) >= 11 is 0. The Hall–Kier alpha value is 0.630. The van der Waals surface area contributed by atoms with Gasteiger partial charge < -0.3 is 31.1 Å². The van der Waals surface area contributed by atoms with Crippen LogP contribution >= 0.6 is 0 Å². The van der Waals surface area contributed by atoms with Gasteiger partial charge in [-0.1, -0.05) is 0 Å². The SMILES string of the molecule is [Hf+4].[O-]O[O-].[O-]O[O-]. The van der Waals surface area contributed by atoms with Gasteiger partial charge in [0.05, 0.1) is 0 Å². The van der Waals surface area contributed by atoms with Crippen LogP contribution in [0.3, 0.4) is 0 Å². The molecule has 0 N–H and O–H groups in total. The first-order chi connectivity index (χ1) is 2.83. The molecule has 0 aliphatic carbocycles. The van der Waals surface area contributed by atoms with Gasteiger partial charge in [0.15, 0.2) is 0 Å². The summed E-state index contributed by atoms with van der Waals surface area (Å²) < 4.78 is 0. The molecule has 0 aromatic rings. The third-order valence-electron chi connectivity index (χ3n) is 0. The third kappa shape index (κ3) is 358. The molecule has 0 saturated heterocycles. The summed E-state index contributed by atoms with van der Waals surface area (Å²) in [6.07, 6.45) is 0. The van der Waals surface area contributed by atoms with Crippen LogP contribution in [0.15, 0.2) is 0 Å². The van der Waals surface area contributed by atoms with Crippen LogP contribution in [0.5, 0.6) is 0 Å². The van der Waals surface area contributed by atoms with Crippen LogP contribution in [0.4, 0.5) is 0 Å². The van der Waals surface area contributed by atoms with E-state index in [1.807, 2.05) is 0 Å². The first-order valence-electron chi connectivity index (χ1n) is 0.667. The second-order valence-electron chi connectivity index (χ2n) is 0.136. The fraction of sp³-hybridized carbons (Fsp3) is 0. The van der Waals surface area contributed by atoms with E-state index in [-0.39, 0.29) is 25.8 Å². The molecule has 0 unspecified atom stereocenters. The summed E-state index contributed by atoms with van der Waals surface area (Å²) in [5.41, 5.74) is 0. The predicted octanol–water partition coefficient (Wildman–Crippen LogP) is -4.90. The zero-order valence-corrected chi connectivity index (χ0v) is 6.54. The van der Waals surface area contributed by atoms with Gasteiger partial charge in [0, 0.05) is 0 Å². The van der Waals surface area contributed by atoms with E-state index in [1.165, 1.54) is 0 Å². The maximum Gasteiger partial charge on any atom is 4.00 e. The van der Waals surface area contributed by atoms with Crippen LogP contribution in [0.1, 0.15) is 0 Å². The minimum atomic E-state index is 0. The van der Waals surface area contributed by atoms with Crippen molar-refractivity contribution < 1.29 is 56.9 Å². The molecule has 0 fully saturated rings. The monoisotopic (exact) mass is 276 g/mol. The third-order valence-corrected chi connectivity index (χ3v) is 0. The van der Waals surface area contributed by atoms with Gasteiger partial charge in [-0.2, -0.15) is 0 Å². The van der Waals surface area contributed by atoms with Crippen molar-refractivity contribution in [1.29, 1.82) is 0 Å². The average molecular weight is 274 g/mol. The van der Waals surface area contributed by atoms with E-state index >= 15 is 0 Å². The van der Waals surface area contributed by atoms with Crippen LogP contribution in [0.2, 0.25) is 0 Å². The Balaban J connectivity index is -0.0000000400. The van der Waals surface area contributed by atoms with E-state index in [4.69, 9.17) is 21.0 Å². The van der Waals surface area contributed by atoms with Gasteiger partial charge in [-0.25, -0.2) is 0 Å². The van der Waals surface area contributed by atoms with Crippen molar-refractivity contribution in [2.75, 3.05) is 0 Å². The molecule has 0 radical (unpaired) electrons. The molecule has 0 aliphatic heterocycles. The second-order valence-corrected chi connectivity index (χ2v) is 0.136. The zero-order valence-electron chi connectivity index (χ0n) is 2.95. The van der Waals surface area contributed by atoms with Crippen LogP contribution < -0.4 is 21.0 Å². The molecule has 6 nitrogen and oxygen atoms in total. The molecular weight excluding hydrogens is 274 g/mol. The second kappa shape index (κ2) is 30.4. The standard InChI is InChI=1S/Hf.2H2O3/c;2*1-3-2/h;2*1-2H/q+4;;/p-4. The molecule has 0 heterocycles. The summed E-state index contributed by atoms with van der Waals surface area (Å²) in [4.78, 5) is 0. The Bertz CT molecular complexity index is 6.14. The minimum absolute atomic E-state index is 0. The van der Waals surface area contributed by atoms with Gasteiger partial charge in [-0.05, 0) is 0 Å². The molecule has 0 aliphatic rings. The summed E-state index contributed by atoms with van der Waals surface area (Å²) in [6, 6.07) is 0. The van der Waals surface area contributed by atoms with E-state index in [0.717, 1.165) is 0 Å². The van der Waals surface area contributed by atoms with Gasteiger partial charge >= 0.3 is 25.8 Å². The van der Waals surface area contributed by atoms with Crippen LogP contribution in [-0.2, 0) is 35.9 Å². The van der Waals surface area contributed by atoms with Gasteiger partial charge in [0.1, 0.15) is 0 Å². The Kier molecular flexibility index (Phi) is 67.9. The normalized spacial score (nSPS) is 5.14. The molecule has 0 spiro atoms. The molecule has 0 saturated carbocycles. The van der Waals surface area contributed by atoms with Crippen molar-refractivity contribution in [1.82, 2.24) is 0 Å². The predicted molar refractivity (Wildman–Crippen MR) is 2.17 cm³/mol. The summed E-state index contributed by atoms with van der Waals surface area (Å²) in [5.74, 6) is 0. The smallest absolute Gasteiger partial charge is 0.734 e. The zero-order chi connectivity index (χ0) is 5.41. The fourth-order valence-corrected chi connectivity index (χ4v) is 0. The Morgan fingerprint density at radius 2 is 0.714 bits per heavy atom. The van der Waals surface area contributed by atoms with Crippen molar-refractivity contribution in [3.05, 3.63) is 0 Å². The van der Waals surface area contributed by atoms with Crippen molar-refractivity contribution in [3.8, 4) is 0 Å². The first kappa shape index (κ1) is 15.6. The molecule has 0 amide bonds. The quantitative estimate of drug-likeness (QED) is 0.249. The number of hydrogen-bond acceptors (Lipinski definition) is 6. The molecular formula is HfO6. The van der Waals surface area contributed by atoms with E-state index in [1.54, 1.807) is 10.1 Å². The number of hydrogen-bond donors (Lipinski definition) is 0. The Morgan fingerprint density at radius 3 is 0.714 bits per heavy atom. The van der Waals surface area contributed by atoms with Gasteiger partial charge in [0.2, 0.25) is 0 Å². The van der Waals surface area contributed by atoms with Gasteiger partial charge in [-0.3, -0.25) is 0 Å². The van der Waals surface area contributed by atoms with Gasteiger partial charge in [0.25, 0.3) is 0 Å². The largest absolute Gasteiger partial charge is 4.00 e. The van der Waals surface area contributed by atoms with Gasteiger partial charge in [-0.15, -0.1) is 0 Å². The van der Waals surface area contributed by atoms with Crippen molar-refractivity contribution in [3.63, 3.8) is 0 Å². The topological polar surface area (TPSA) is 111 Å². The molecule has 0 atom stereocenters. The maximum absolute atomic E-state index is 7.88. The van der Waals surface area contributed by atoms with E-state index in [0.29, 0.717) is 0 Å². The Morgan fingerprint density at radius 1 is 0.714 bits per heavy atom. The van der Waals surface area contributed by atoms with E-state index in [2.05, 4.69) is 0 Å². The molecule has 7 heteroatoms. The summed E-state index contributed by atoms with van der Waals surface area (Å²) in [5, 5.41) is 35.0. The molecule has 0 rings (SSSR count). The molecule has 40 valence electrons. The van der Waals surface area contributed by atoms with Crippen molar-refractivity contribution in [2.24, 2.45) is 0 Å². The summed E-state index contributed by atoms with van der Waals surface area (Å²) in [6.45, 7) is 0. The molecule has 0 bridgehead atoms. The molecule has 7 heavy (non-hydrogen) atoms.